The van der Waals surface area contributed by atoms with Gasteiger partial charge >= 0.3 is 0 Å². The SMILES string of the molecule is Cc1ccc(S(=O)(=O)N2CC(Cn3ccc4cc(-c5cn[nH]c5)ccc43)C[C@@H]2C)cc1. The summed E-state index contributed by atoms with van der Waals surface area (Å²) in [6.07, 6.45) is 6.67. The number of H-pyrrole nitrogens is 1. The molecule has 1 aliphatic rings. The van der Waals surface area contributed by atoms with Gasteiger partial charge in [-0.15, -0.1) is 0 Å². The topological polar surface area (TPSA) is 71.0 Å². The highest BCUT2D eigenvalue weighted by Crippen LogP contribution is 2.32. The van der Waals surface area contributed by atoms with E-state index in [1.54, 1.807) is 16.4 Å². The van der Waals surface area contributed by atoms with Gasteiger partial charge in [0.05, 0.1) is 11.1 Å². The standard InChI is InChI=1S/C24H26N4O2S/c1-17-3-6-23(7-4-17)31(29,30)28-16-19(11-18(28)2)15-27-10-9-21-12-20(5-8-24(21)27)22-13-25-26-14-22/h3-10,12-14,18-19H,11,15-16H2,1-2H3,(H,25,26)/t18-,19?/m0/s1. The van der Waals surface area contributed by atoms with E-state index in [2.05, 4.69) is 45.2 Å². The number of rotatable bonds is 5. The van der Waals surface area contributed by atoms with E-state index in [1.807, 2.05) is 38.4 Å². The van der Waals surface area contributed by atoms with Crippen LogP contribution in [0.1, 0.15) is 18.9 Å². The zero-order valence-corrected chi connectivity index (χ0v) is 18.5. The Morgan fingerprint density at radius 1 is 1.10 bits per heavy atom. The van der Waals surface area contributed by atoms with E-state index in [-0.39, 0.29) is 12.0 Å². The van der Waals surface area contributed by atoms with E-state index >= 15 is 0 Å². The summed E-state index contributed by atoms with van der Waals surface area (Å²) in [6, 6.07) is 15.7. The lowest BCUT2D eigenvalue weighted by Crippen LogP contribution is -2.34. The number of hydrogen-bond donors (Lipinski definition) is 1. The number of nitrogens with one attached hydrogen (secondary N) is 1. The van der Waals surface area contributed by atoms with Crippen molar-refractivity contribution in [2.75, 3.05) is 6.54 Å². The molecule has 0 saturated carbocycles. The fraction of sp³-hybridized carbons (Fsp3) is 0.292. The predicted molar refractivity (Wildman–Crippen MR) is 122 cm³/mol. The summed E-state index contributed by atoms with van der Waals surface area (Å²) in [5, 5.41) is 8.06. The highest BCUT2D eigenvalue weighted by molar-refractivity contribution is 7.89. The first-order valence-corrected chi connectivity index (χ1v) is 12.0. The Labute approximate surface area is 182 Å². The van der Waals surface area contributed by atoms with Gasteiger partial charge in [0, 0.05) is 48.0 Å². The molecule has 6 nitrogen and oxygen atoms in total. The second kappa shape index (κ2) is 7.66. The lowest BCUT2D eigenvalue weighted by atomic mass is 10.1. The maximum Gasteiger partial charge on any atom is 0.243 e. The molecule has 1 saturated heterocycles. The van der Waals surface area contributed by atoms with Crippen molar-refractivity contribution < 1.29 is 8.42 Å². The number of fused-ring (bicyclic) bond motifs is 1. The van der Waals surface area contributed by atoms with Crippen molar-refractivity contribution in [2.45, 2.75) is 37.8 Å². The van der Waals surface area contributed by atoms with Gasteiger partial charge in [0.2, 0.25) is 10.0 Å². The molecule has 2 atom stereocenters. The molecule has 7 heteroatoms. The number of sulfonamides is 1. The summed E-state index contributed by atoms with van der Waals surface area (Å²) in [4.78, 5) is 0.379. The molecule has 0 bridgehead atoms. The third-order valence-electron chi connectivity index (χ3n) is 6.29. The van der Waals surface area contributed by atoms with Crippen LogP contribution >= 0.6 is 0 Å². The minimum atomic E-state index is -3.47. The molecular weight excluding hydrogens is 408 g/mol. The molecule has 160 valence electrons. The monoisotopic (exact) mass is 434 g/mol. The molecule has 5 rings (SSSR count). The van der Waals surface area contributed by atoms with Crippen molar-refractivity contribution in [3.8, 4) is 11.1 Å². The molecule has 1 aliphatic heterocycles. The molecule has 0 spiro atoms. The maximum atomic E-state index is 13.2. The van der Waals surface area contributed by atoms with E-state index in [0.29, 0.717) is 11.4 Å². The van der Waals surface area contributed by atoms with Gasteiger partial charge < -0.3 is 4.57 Å². The van der Waals surface area contributed by atoms with Gasteiger partial charge in [-0.05, 0) is 62.1 Å². The molecule has 1 unspecified atom stereocenters. The number of hydrogen-bond acceptors (Lipinski definition) is 3. The van der Waals surface area contributed by atoms with Crippen LogP contribution in [-0.2, 0) is 16.6 Å². The Hall–Kier alpha value is -2.90. The van der Waals surface area contributed by atoms with E-state index in [0.717, 1.165) is 29.7 Å². The van der Waals surface area contributed by atoms with E-state index in [4.69, 9.17) is 0 Å². The second-order valence-electron chi connectivity index (χ2n) is 8.57. The highest BCUT2D eigenvalue weighted by atomic mass is 32.2. The van der Waals surface area contributed by atoms with Crippen LogP contribution in [-0.4, -0.2) is 40.1 Å². The molecule has 0 radical (unpaired) electrons. The van der Waals surface area contributed by atoms with Crippen LogP contribution in [0, 0.1) is 12.8 Å². The summed E-state index contributed by atoms with van der Waals surface area (Å²) in [5.74, 6) is 0.277. The van der Waals surface area contributed by atoms with E-state index in [1.165, 1.54) is 10.9 Å². The van der Waals surface area contributed by atoms with Crippen molar-refractivity contribution in [1.29, 1.82) is 0 Å². The van der Waals surface area contributed by atoms with Crippen LogP contribution in [0.15, 0.2) is 72.0 Å². The Kier molecular flexibility index (Phi) is 4.95. The van der Waals surface area contributed by atoms with Crippen LogP contribution in [0.4, 0.5) is 0 Å². The van der Waals surface area contributed by atoms with Crippen molar-refractivity contribution in [3.05, 3.63) is 72.7 Å². The number of aromatic amines is 1. The first kappa shape index (κ1) is 20.0. The lowest BCUT2D eigenvalue weighted by molar-refractivity contribution is 0.399. The molecule has 0 amide bonds. The Morgan fingerprint density at radius 2 is 1.90 bits per heavy atom. The fourth-order valence-electron chi connectivity index (χ4n) is 4.65. The van der Waals surface area contributed by atoms with Gasteiger partial charge in [0.1, 0.15) is 0 Å². The molecule has 2 aromatic heterocycles. The molecule has 4 aromatic rings. The van der Waals surface area contributed by atoms with Crippen LogP contribution in [0.5, 0.6) is 0 Å². The summed E-state index contributed by atoms with van der Waals surface area (Å²) in [6.45, 7) is 5.32. The Morgan fingerprint density at radius 3 is 2.65 bits per heavy atom. The van der Waals surface area contributed by atoms with Crippen LogP contribution in [0.3, 0.4) is 0 Å². The Balaban J connectivity index is 1.35. The molecule has 3 heterocycles. The minimum Gasteiger partial charge on any atom is -0.347 e. The fourth-order valence-corrected chi connectivity index (χ4v) is 6.37. The van der Waals surface area contributed by atoms with Crippen LogP contribution in [0.25, 0.3) is 22.0 Å². The van der Waals surface area contributed by atoms with Crippen molar-refractivity contribution >= 4 is 20.9 Å². The average Bonchev–Trinajstić information content (AvgIpc) is 3.49. The number of benzene rings is 2. The van der Waals surface area contributed by atoms with Crippen LogP contribution < -0.4 is 0 Å². The normalized spacial score (nSPS) is 19.9. The first-order valence-electron chi connectivity index (χ1n) is 10.6. The van der Waals surface area contributed by atoms with Crippen LogP contribution in [0.2, 0.25) is 0 Å². The molecule has 1 fully saturated rings. The smallest absolute Gasteiger partial charge is 0.243 e. The summed E-state index contributed by atoms with van der Waals surface area (Å²) in [5.41, 5.74) is 4.42. The third-order valence-corrected chi connectivity index (χ3v) is 8.28. The molecule has 0 aliphatic carbocycles. The van der Waals surface area contributed by atoms with Gasteiger partial charge in [-0.25, -0.2) is 8.42 Å². The third kappa shape index (κ3) is 3.68. The zero-order chi connectivity index (χ0) is 21.6. The molecular formula is C24H26N4O2S. The van der Waals surface area contributed by atoms with E-state index < -0.39 is 10.0 Å². The first-order chi connectivity index (χ1) is 14.9. The summed E-state index contributed by atoms with van der Waals surface area (Å²) in [7, 11) is -3.47. The molecule has 31 heavy (non-hydrogen) atoms. The van der Waals surface area contributed by atoms with Gasteiger partial charge in [-0.1, -0.05) is 23.8 Å². The van der Waals surface area contributed by atoms with Gasteiger partial charge in [0.15, 0.2) is 0 Å². The maximum absolute atomic E-state index is 13.2. The zero-order valence-electron chi connectivity index (χ0n) is 17.7. The van der Waals surface area contributed by atoms with Gasteiger partial charge in [0.25, 0.3) is 0 Å². The van der Waals surface area contributed by atoms with E-state index in [9.17, 15) is 8.42 Å². The second-order valence-corrected chi connectivity index (χ2v) is 10.5. The average molecular weight is 435 g/mol. The van der Waals surface area contributed by atoms with Crippen molar-refractivity contribution in [1.82, 2.24) is 19.1 Å². The predicted octanol–water partition coefficient (Wildman–Crippen LogP) is 4.44. The number of aryl methyl sites for hydroxylation is 1. The van der Waals surface area contributed by atoms with Gasteiger partial charge in [-0.2, -0.15) is 9.40 Å². The van der Waals surface area contributed by atoms with Gasteiger partial charge in [-0.3, -0.25) is 5.10 Å². The Bertz CT molecular complexity index is 1310. The summed E-state index contributed by atoms with van der Waals surface area (Å²) < 4.78 is 30.3. The minimum absolute atomic E-state index is 0.00850. The quantitative estimate of drug-likeness (QED) is 0.505. The largest absolute Gasteiger partial charge is 0.347 e. The molecule has 1 N–H and O–H groups in total. The number of aromatic nitrogens is 3. The molecule has 2 aromatic carbocycles. The van der Waals surface area contributed by atoms with Crippen molar-refractivity contribution in [3.63, 3.8) is 0 Å². The van der Waals surface area contributed by atoms with Crippen molar-refractivity contribution in [2.24, 2.45) is 5.92 Å². The number of nitrogens with zero attached hydrogens (tertiary/aromatic N) is 3. The lowest BCUT2D eigenvalue weighted by Gasteiger charge is -2.21. The summed E-state index contributed by atoms with van der Waals surface area (Å²) >= 11 is 0. The highest BCUT2D eigenvalue weighted by Gasteiger charge is 2.37.